The number of hydrogen-bond donors (Lipinski definition) is 2. The second-order valence-electron chi connectivity index (χ2n) is 36.1. The summed E-state index contributed by atoms with van der Waals surface area (Å²) in [6, 6.07) is 29.3. The fourth-order valence-electron chi connectivity index (χ4n) is 20.4. The van der Waals surface area contributed by atoms with Crippen LogP contribution in [-0.2, 0) is 43.5 Å². The number of aromatic carboxylic acids is 1. The highest BCUT2D eigenvalue weighted by atomic mass is 79.9. The van der Waals surface area contributed by atoms with Crippen LogP contribution in [-0.4, -0.2) is 124 Å². The molecule has 6 aromatic carbocycles. The van der Waals surface area contributed by atoms with Gasteiger partial charge in [-0.3, -0.25) is 0 Å². The number of ether oxygens (including phenoxy) is 5. The third-order valence-electron chi connectivity index (χ3n) is 28.2. The van der Waals surface area contributed by atoms with E-state index >= 15 is 0 Å². The van der Waals surface area contributed by atoms with Crippen LogP contribution in [0.25, 0.3) is 64.4 Å². The molecule has 6 aromatic heterocycles. The van der Waals surface area contributed by atoms with Gasteiger partial charge in [0.1, 0.15) is 34.4 Å². The lowest BCUT2D eigenvalue weighted by molar-refractivity contribution is 0.00912. The van der Waals surface area contributed by atoms with Crippen molar-refractivity contribution in [3.8, 4) is 33.8 Å². The van der Waals surface area contributed by atoms with E-state index in [0.29, 0.717) is 167 Å². The molecule has 9 atom stereocenters. The Bertz CT molecular complexity index is 6150. The van der Waals surface area contributed by atoms with Gasteiger partial charge < -0.3 is 57.5 Å². The maximum atomic E-state index is 12.4. The Labute approximate surface area is 798 Å². The number of carboxylic acids is 1. The van der Waals surface area contributed by atoms with E-state index in [1.807, 2.05) is 84.9 Å². The van der Waals surface area contributed by atoms with Crippen molar-refractivity contribution in [2.75, 3.05) is 43.7 Å². The Hall–Kier alpha value is -7.02. The molecule has 3 aliphatic heterocycles. The Morgan fingerprint density at radius 2 is 0.812 bits per heavy atom. The number of thiazole rings is 3. The van der Waals surface area contributed by atoms with Gasteiger partial charge in [0.25, 0.3) is 0 Å². The standard InChI is InChI=1S/C32H31Cl2N3O4S.C31H29Cl2N3O4S.C19H20Cl2N2O2.C13H12BrNO2S.CH4.ClH/c1-39-31(38)18-11-21(16-4-2-5-16)28-26(12-18)42-32(35-28)37-14-19-10-20(37)13-25(19)40-15-22-29(36-41-30(22)17-8-9-17)27-23(33)6-3-7-24(27)34;32-22-5-2-6-23(33)26(22)28-21(29(40-35-28)16-7-8-16)14-39-24-12-19-9-18(24)13-36(19)31-34-27-20(15-3-1-4-15)10-17(30(37)38)11-25(27)41-31;20-14-2-1-3-15(21)17(14)18-13(19(25-23-18)10-4-5-10)9-24-16-7-12-6-11(16)8-22-12;1-17-12(16)8-5-9(7-3-2-4-7)11-10(6-8)18-13(14)15-11;;/h3,6-7,11-12,16-17,19-20,25H,2,4-5,8-10,13-15H2,1H3;2,5-6,10-11,15-16,18-19,24H,1,3-4,7-9,12-14H2,(H,37,38);1-3,10-12,16,22H,4-9H2;5-7H,2-4H2,1H3;1H4;1H/t19-,20-,25+;18-,19-,24+;11-,12-,16+;;;/m111.../s1. The minimum absolute atomic E-state index is 0. The van der Waals surface area contributed by atoms with Gasteiger partial charge in [-0.25, -0.2) is 29.3 Å². The second-order valence-corrected chi connectivity index (χ2v) is 42.8. The fraction of sp³-hybridized carbons (Fsp3) is 0.469. The van der Waals surface area contributed by atoms with Crippen LogP contribution in [0, 0.1) is 17.8 Å². The predicted octanol–water partition coefficient (Wildman–Crippen LogP) is 26.6. The zero-order chi connectivity index (χ0) is 86.0. The van der Waals surface area contributed by atoms with Crippen molar-refractivity contribution in [2.24, 2.45) is 17.8 Å². The number of halogens is 8. The molecule has 9 saturated carbocycles. The maximum absolute atomic E-state index is 12.4. The summed E-state index contributed by atoms with van der Waals surface area (Å²) in [5.74, 6) is 5.47. The van der Waals surface area contributed by atoms with Crippen LogP contribution in [0.4, 0.5) is 10.3 Å². The van der Waals surface area contributed by atoms with Gasteiger partial charge >= 0.3 is 17.9 Å². The first-order valence-corrected chi connectivity index (χ1v) is 49.6. The summed E-state index contributed by atoms with van der Waals surface area (Å²) in [6.45, 7) is 4.24. The summed E-state index contributed by atoms with van der Waals surface area (Å²) in [7, 11) is 2.85. The van der Waals surface area contributed by atoms with Crippen molar-refractivity contribution in [1.29, 1.82) is 0 Å². The zero-order valence-electron chi connectivity index (χ0n) is 69.7. The number of esters is 2. The van der Waals surface area contributed by atoms with Gasteiger partial charge in [0.05, 0.1) is 130 Å². The molecule has 24 rings (SSSR count). The van der Waals surface area contributed by atoms with Crippen molar-refractivity contribution < 1.29 is 56.7 Å². The Kier molecular flexibility index (Phi) is 26.6. The molecule has 3 saturated heterocycles. The molecule has 0 radical (unpaired) electrons. The molecule has 128 heavy (non-hydrogen) atoms. The number of benzene rings is 6. The van der Waals surface area contributed by atoms with Crippen LogP contribution in [0.2, 0.25) is 30.1 Å². The predicted molar refractivity (Wildman–Crippen MR) is 510 cm³/mol. The molecule has 12 aliphatic rings. The first-order chi connectivity index (χ1) is 61.3. The minimum atomic E-state index is -0.875. The first-order valence-electron chi connectivity index (χ1n) is 44.1. The Morgan fingerprint density at radius 1 is 0.461 bits per heavy atom. The van der Waals surface area contributed by atoms with E-state index in [-0.39, 0.29) is 44.0 Å². The topological polar surface area (TPSA) is 253 Å². The molecule has 672 valence electrons. The number of fused-ring (bicyclic) bond motifs is 9. The lowest BCUT2D eigenvalue weighted by Crippen LogP contribution is -2.38. The lowest BCUT2D eigenvalue weighted by atomic mass is 9.79. The van der Waals surface area contributed by atoms with E-state index in [1.54, 1.807) is 40.1 Å². The van der Waals surface area contributed by atoms with Gasteiger partial charge in [-0.2, -0.15) is 0 Å². The highest BCUT2D eigenvalue weighted by molar-refractivity contribution is 9.11. The molecule has 0 spiro atoms. The van der Waals surface area contributed by atoms with Crippen LogP contribution in [0.3, 0.4) is 0 Å². The summed E-state index contributed by atoms with van der Waals surface area (Å²) in [5, 5.41) is 31.8. The van der Waals surface area contributed by atoms with Crippen LogP contribution < -0.4 is 15.1 Å². The number of carbonyl (C=O) groups is 3. The maximum Gasteiger partial charge on any atom is 0.337 e. The molecule has 9 aliphatic carbocycles. The van der Waals surface area contributed by atoms with E-state index in [2.05, 4.69) is 51.5 Å². The molecule has 0 amide bonds. The molecule has 32 heteroatoms. The molecular formula is C96H97BrCl7N9O12S3. The number of piperidine rings is 3. The number of methoxy groups -OCH3 is 2. The summed E-state index contributed by atoms with van der Waals surface area (Å²) in [4.78, 5) is 55.6. The van der Waals surface area contributed by atoms with E-state index in [0.717, 1.165) is 212 Å². The third-order valence-corrected chi connectivity index (χ3v) is 33.6. The number of aromatic nitrogens is 6. The van der Waals surface area contributed by atoms with Crippen LogP contribution in [0.5, 0.6) is 0 Å². The number of carbonyl (C=O) groups excluding carboxylic acids is 2. The van der Waals surface area contributed by atoms with Crippen LogP contribution in [0.1, 0.15) is 260 Å². The lowest BCUT2D eigenvalue weighted by Gasteiger charge is -2.31. The highest BCUT2D eigenvalue weighted by Crippen LogP contribution is 2.55. The van der Waals surface area contributed by atoms with Crippen molar-refractivity contribution in [3.05, 3.63) is 192 Å². The average Bonchev–Trinajstić information content (AvgIpc) is 1.59. The van der Waals surface area contributed by atoms with Crippen molar-refractivity contribution >= 4 is 191 Å². The molecule has 12 fully saturated rings. The molecule has 2 N–H and O–H groups in total. The Balaban J connectivity index is 0.000000116. The summed E-state index contributed by atoms with van der Waals surface area (Å²) in [5.41, 5.74) is 15.4. The van der Waals surface area contributed by atoms with Gasteiger partial charge in [0.2, 0.25) is 0 Å². The molecule has 21 nitrogen and oxygen atoms in total. The van der Waals surface area contributed by atoms with E-state index in [1.165, 1.54) is 63.9 Å². The largest absolute Gasteiger partial charge is 0.478 e. The minimum Gasteiger partial charge on any atom is -0.478 e. The zero-order valence-corrected chi connectivity index (χ0v) is 79.1. The quantitative estimate of drug-likeness (QED) is 0.0564. The third kappa shape index (κ3) is 17.8. The normalized spacial score (nSPS) is 23.1. The Morgan fingerprint density at radius 3 is 1.12 bits per heavy atom. The molecular weight excluding hydrogens is 1900 g/mol. The fourth-order valence-corrected chi connectivity index (χ4v) is 25.9. The van der Waals surface area contributed by atoms with Gasteiger partial charge in [-0.1, -0.05) is 153 Å². The van der Waals surface area contributed by atoms with Gasteiger partial charge in [0.15, 0.2) is 14.2 Å². The van der Waals surface area contributed by atoms with Gasteiger partial charge in [-0.05, 0) is 245 Å². The molecule has 9 heterocycles. The smallest absolute Gasteiger partial charge is 0.337 e. The van der Waals surface area contributed by atoms with Gasteiger partial charge in [0, 0.05) is 101 Å². The summed E-state index contributed by atoms with van der Waals surface area (Å²) >= 11 is 47.3. The molecule has 6 bridgehead atoms. The van der Waals surface area contributed by atoms with E-state index in [4.69, 9.17) is 117 Å². The van der Waals surface area contributed by atoms with Crippen molar-refractivity contribution in [1.82, 2.24) is 35.7 Å². The summed E-state index contributed by atoms with van der Waals surface area (Å²) < 4.78 is 50.7. The molecule has 0 unspecified atom stereocenters. The van der Waals surface area contributed by atoms with Gasteiger partial charge in [-0.15, -0.1) is 23.7 Å². The number of anilines is 2. The SMILES string of the molecule is C.COC(=O)c1cc(C2CCC2)c2nc(Br)sc2c1.COC(=O)c1cc(C2CCC2)c2nc(N3C[C@H]4C[C@@H]3C[C@@H]4OCc3c(-c4c(Cl)cccc4Cl)noc3C3CC3)sc2c1.Cl.Clc1cccc(Cl)c1-c1noc(C2CC2)c1CO[C@H]1C[C@H]2C[C@@H]1CN2.O=C(O)c1cc(C2CCC2)c2nc(N3C[C@H]4C[C@@H]3C[C@@H]4OCc3c(-c4c(Cl)cccc4Cl)noc3C3CC3)sc2c1. The van der Waals surface area contributed by atoms with Crippen LogP contribution >= 0.6 is 132 Å². The van der Waals surface area contributed by atoms with Crippen molar-refractivity contribution in [3.63, 3.8) is 0 Å². The summed E-state index contributed by atoms with van der Waals surface area (Å²) in [6.07, 6.45) is 24.3. The van der Waals surface area contributed by atoms with Crippen LogP contribution in [0.15, 0.2) is 108 Å². The number of carboxylic acid groups (broad SMARTS) is 1. The van der Waals surface area contributed by atoms with Crippen molar-refractivity contribution in [2.45, 2.75) is 234 Å². The second kappa shape index (κ2) is 37.8. The number of hydrogen-bond acceptors (Lipinski definition) is 23. The van der Waals surface area contributed by atoms with E-state index in [9.17, 15) is 19.5 Å². The monoisotopic (exact) mass is 1990 g/mol. The number of rotatable bonds is 23. The average molecular weight is 1990 g/mol. The number of nitrogens with zero attached hydrogens (tertiary/aromatic N) is 8. The first kappa shape index (κ1) is 90.2. The highest BCUT2D eigenvalue weighted by Gasteiger charge is 2.50. The number of nitrogens with one attached hydrogen (secondary N) is 1. The van der Waals surface area contributed by atoms with E-state index < -0.39 is 5.97 Å². The molecule has 12 aromatic rings.